The lowest BCUT2D eigenvalue weighted by molar-refractivity contribution is 0.182. The van der Waals surface area contributed by atoms with E-state index in [0.717, 1.165) is 56.2 Å². The third-order valence-corrected chi connectivity index (χ3v) is 3.92. The van der Waals surface area contributed by atoms with Crippen LogP contribution in [0.15, 0.2) is 12.1 Å². The van der Waals surface area contributed by atoms with Gasteiger partial charge in [0.2, 0.25) is 0 Å². The molecular formula is C16H26N2O3. The van der Waals surface area contributed by atoms with Crippen LogP contribution in [-0.2, 0) is 17.8 Å². The van der Waals surface area contributed by atoms with Crippen molar-refractivity contribution in [3.8, 4) is 11.5 Å². The molecule has 1 saturated heterocycles. The van der Waals surface area contributed by atoms with E-state index in [1.807, 2.05) is 12.1 Å². The Morgan fingerprint density at radius 2 is 1.86 bits per heavy atom. The van der Waals surface area contributed by atoms with E-state index in [0.29, 0.717) is 6.61 Å². The van der Waals surface area contributed by atoms with Crippen LogP contribution < -0.4 is 14.8 Å². The van der Waals surface area contributed by atoms with Crippen molar-refractivity contribution < 1.29 is 14.2 Å². The maximum Gasteiger partial charge on any atom is 0.126 e. The molecule has 1 heterocycles. The normalized spacial score (nSPS) is 16.0. The highest BCUT2D eigenvalue weighted by Crippen LogP contribution is 2.30. The smallest absolute Gasteiger partial charge is 0.126 e. The summed E-state index contributed by atoms with van der Waals surface area (Å²) in [5.74, 6) is 1.70. The summed E-state index contributed by atoms with van der Waals surface area (Å²) in [5, 5.41) is 3.38. The van der Waals surface area contributed by atoms with Gasteiger partial charge < -0.3 is 24.4 Å². The molecular weight excluding hydrogens is 268 g/mol. The number of benzene rings is 1. The van der Waals surface area contributed by atoms with Crippen molar-refractivity contribution in [1.82, 2.24) is 10.2 Å². The fourth-order valence-electron chi connectivity index (χ4n) is 2.75. The van der Waals surface area contributed by atoms with E-state index in [-0.39, 0.29) is 0 Å². The van der Waals surface area contributed by atoms with Crippen molar-refractivity contribution in [2.45, 2.75) is 13.0 Å². The fraction of sp³-hybridized carbons (Fsp3) is 0.625. The maximum atomic E-state index is 5.55. The van der Waals surface area contributed by atoms with Crippen LogP contribution in [0.3, 0.4) is 0 Å². The third kappa shape index (κ3) is 4.33. The van der Waals surface area contributed by atoms with Gasteiger partial charge in [0, 0.05) is 51.5 Å². The summed E-state index contributed by atoms with van der Waals surface area (Å²) in [6, 6.07) is 3.99. The zero-order valence-electron chi connectivity index (χ0n) is 13.3. The van der Waals surface area contributed by atoms with Crippen molar-refractivity contribution in [2.24, 2.45) is 0 Å². The zero-order valence-corrected chi connectivity index (χ0v) is 13.3. The minimum Gasteiger partial charge on any atom is -0.497 e. The molecule has 0 saturated carbocycles. The first-order valence-electron chi connectivity index (χ1n) is 7.44. The van der Waals surface area contributed by atoms with Gasteiger partial charge in [0.25, 0.3) is 0 Å². The van der Waals surface area contributed by atoms with E-state index in [4.69, 9.17) is 14.2 Å². The minimum atomic E-state index is 0.574. The molecule has 5 nitrogen and oxygen atoms in total. The molecule has 1 aromatic rings. The Morgan fingerprint density at radius 3 is 2.48 bits per heavy atom. The molecule has 0 bridgehead atoms. The van der Waals surface area contributed by atoms with Crippen LogP contribution >= 0.6 is 0 Å². The van der Waals surface area contributed by atoms with Crippen LogP contribution in [0.1, 0.15) is 11.1 Å². The number of methoxy groups -OCH3 is 3. The summed E-state index contributed by atoms with van der Waals surface area (Å²) in [4.78, 5) is 2.48. The van der Waals surface area contributed by atoms with E-state index in [9.17, 15) is 0 Å². The molecule has 0 aliphatic carbocycles. The first-order chi connectivity index (χ1) is 10.3. The molecule has 0 atom stereocenters. The lowest BCUT2D eigenvalue weighted by Gasteiger charge is -2.27. The Balaban J connectivity index is 2.14. The summed E-state index contributed by atoms with van der Waals surface area (Å²) < 4.78 is 16.2. The molecule has 0 unspecified atom stereocenters. The first kappa shape index (κ1) is 16.1. The van der Waals surface area contributed by atoms with E-state index >= 15 is 0 Å². The second-order valence-electron chi connectivity index (χ2n) is 5.24. The summed E-state index contributed by atoms with van der Waals surface area (Å²) in [5.41, 5.74) is 2.36. The minimum absolute atomic E-state index is 0.574. The van der Waals surface area contributed by atoms with Crippen molar-refractivity contribution in [1.29, 1.82) is 0 Å². The predicted molar refractivity (Wildman–Crippen MR) is 83.3 cm³/mol. The van der Waals surface area contributed by atoms with Crippen LogP contribution in [0.4, 0.5) is 0 Å². The molecule has 1 fully saturated rings. The number of nitrogens with one attached hydrogen (secondary N) is 1. The van der Waals surface area contributed by atoms with Gasteiger partial charge in [-0.1, -0.05) is 0 Å². The van der Waals surface area contributed by atoms with Gasteiger partial charge in [-0.25, -0.2) is 0 Å². The number of ether oxygens (including phenoxy) is 3. The second kappa shape index (κ2) is 8.22. The first-order valence-corrected chi connectivity index (χ1v) is 7.44. The Labute approximate surface area is 127 Å². The molecule has 2 rings (SSSR count). The predicted octanol–water partition coefficient (Wildman–Crippen LogP) is 1.30. The molecule has 1 aromatic carbocycles. The SMILES string of the molecule is COCc1cc(OC)cc(OC)c1CCN1CCNCC1. The van der Waals surface area contributed by atoms with Gasteiger partial charge in [0.15, 0.2) is 0 Å². The molecule has 0 aromatic heterocycles. The molecule has 118 valence electrons. The fourth-order valence-corrected chi connectivity index (χ4v) is 2.75. The van der Waals surface area contributed by atoms with Gasteiger partial charge >= 0.3 is 0 Å². The Morgan fingerprint density at radius 1 is 1.10 bits per heavy atom. The summed E-state index contributed by atoms with van der Waals surface area (Å²) >= 11 is 0. The van der Waals surface area contributed by atoms with E-state index in [1.54, 1.807) is 21.3 Å². The Bertz CT molecular complexity index is 445. The molecule has 1 aliphatic rings. The average Bonchev–Trinajstić information content (AvgIpc) is 2.54. The van der Waals surface area contributed by atoms with Gasteiger partial charge in [0.05, 0.1) is 20.8 Å². The van der Waals surface area contributed by atoms with Crippen molar-refractivity contribution in [3.05, 3.63) is 23.3 Å². The number of hydrogen-bond acceptors (Lipinski definition) is 5. The monoisotopic (exact) mass is 294 g/mol. The van der Waals surface area contributed by atoms with Gasteiger partial charge in [-0.2, -0.15) is 0 Å². The second-order valence-corrected chi connectivity index (χ2v) is 5.24. The van der Waals surface area contributed by atoms with Crippen LogP contribution in [0.5, 0.6) is 11.5 Å². The molecule has 1 N–H and O–H groups in total. The average molecular weight is 294 g/mol. The van der Waals surface area contributed by atoms with Gasteiger partial charge in [-0.3, -0.25) is 0 Å². The number of piperazine rings is 1. The molecule has 0 radical (unpaired) electrons. The Hall–Kier alpha value is -1.30. The Kier molecular flexibility index (Phi) is 6.29. The summed E-state index contributed by atoms with van der Waals surface area (Å²) in [6.07, 6.45) is 0.964. The van der Waals surface area contributed by atoms with Gasteiger partial charge in [0.1, 0.15) is 11.5 Å². The van der Waals surface area contributed by atoms with Crippen LogP contribution in [0.2, 0.25) is 0 Å². The van der Waals surface area contributed by atoms with Gasteiger partial charge in [-0.15, -0.1) is 0 Å². The van der Waals surface area contributed by atoms with E-state index in [1.165, 1.54) is 5.56 Å². The number of rotatable bonds is 7. The summed E-state index contributed by atoms with van der Waals surface area (Å²) in [7, 11) is 5.09. The lowest BCUT2D eigenvalue weighted by atomic mass is 10.0. The molecule has 1 aliphatic heterocycles. The molecule has 0 spiro atoms. The summed E-state index contributed by atoms with van der Waals surface area (Å²) in [6.45, 7) is 5.98. The maximum absolute atomic E-state index is 5.55. The van der Waals surface area contributed by atoms with E-state index in [2.05, 4.69) is 10.2 Å². The van der Waals surface area contributed by atoms with Crippen molar-refractivity contribution in [3.63, 3.8) is 0 Å². The van der Waals surface area contributed by atoms with Crippen LogP contribution in [0, 0.1) is 0 Å². The highest BCUT2D eigenvalue weighted by atomic mass is 16.5. The molecule has 21 heavy (non-hydrogen) atoms. The highest BCUT2D eigenvalue weighted by molar-refractivity contribution is 5.46. The standard InChI is InChI=1S/C16H26N2O3/c1-19-12-13-10-14(20-2)11-16(21-3)15(13)4-7-18-8-5-17-6-9-18/h10-11,17H,4-9,12H2,1-3H3. The van der Waals surface area contributed by atoms with Gasteiger partial charge in [-0.05, 0) is 18.1 Å². The quantitative estimate of drug-likeness (QED) is 0.821. The topological polar surface area (TPSA) is 43.0 Å². The zero-order chi connectivity index (χ0) is 15.1. The molecule has 5 heteroatoms. The number of hydrogen-bond donors (Lipinski definition) is 1. The van der Waals surface area contributed by atoms with Crippen LogP contribution in [0.25, 0.3) is 0 Å². The lowest BCUT2D eigenvalue weighted by Crippen LogP contribution is -2.44. The van der Waals surface area contributed by atoms with Crippen molar-refractivity contribution in [2.75, 3.05) is 54.1 Å². The largest absolute Gasteiger partial charge is 0.497 e. The van der Waals surface area contributed by atoms with Crippen molar-refractivity contribution >= 4 is 0 Å². The third-order valence-electron chi connectivity index (χ3n) is 3.92. The molecule has 0 amide bonds. The van der Waals surface area contributed by atoms with E-state index < -0.39 is 0 Å². The highest BCUT2D eigenvalue weighted by Gasteiger charge is 2.15. The number of nitrogens with zero attached hydrogens (tertiary/aromatic N) is 1. The van der Waals surface area contributed by atoms with Crippen LogP contribution in [-0.4, -0.2) is 59.0 Å².